The Morgan fingerprint density at radius 2 is 1.00 bits per heavy atom. The first-order valence-corrected chi connectivity index (χ1v) is 19.1. The van der Waals surface area contributed by atoms with Gasteiger partial charge in [0.05, 0.1) is 13.2 Å². The van der Waals surface area contributed by atoms with Crippen LogP contribution in [0, 0.1) is 0 Å². The van der Waals surface area contributed by atoms with Gasteiger partial charge >= 0.3 is 5.97 Å². The van der Waals surface area contributed by atoms with E-state index < -0.39 is 6.10 Å². The van der Waals surface area contributed by atoms with E-state index >= 15 is 0 Å². The lowest BCUT2D eigenvalue weighted by Crippen LogP contribution is -2.27. The molecule has 0 saturated heterocycles. The van der Waals surface area contributed by atoms with Gasteiger partial charge < -0.3 is 14.6 Å². The standard InChI is InChI=1S/C40H74O4/c1-3-5-7-9-11-13-15-16-17-18-19-20-21-22-23-24-25-27-29-31-33-35-40(42)44-39(37-41)38-43-36-34-32-30-28-26-14-12-10-8-6-4-2/h8,10,15-16,18-19,39,41H,3-7,9,11-14,17,20-38H2,1-2H3/b10-8-,16-15-,19-18-. The third-order valence-electron chi connectivity index (χ3n) is 8.17. The SMILES string of the molecule is CCC/C=C\CCCCCCCCOCC(CO)OC(=O)CCCCCCCCCCC/C=C\C/C=C\CCCCCCC. The first-order valence-electron chi connectivity index (χ1n) is 19.1. The highest BCUT2D eigenvalue weighted by Gasteiger charge is 2.13. The van der Waals surface area contributed by atoms with E-state index in [1.807, 2.05) is 0 Å². The maximum absolute atomic E-state index is 12.1. The van der Waals surface area contributed by atoms with Crippen molar-refractivity contribution in [2.24, 2.45) is 0 Å². The number of ether oxygens (including phenoxy) is 2. The molecule has 0 bridgehead atoms. The quantitative estimate of drug-likeness (QED) is 0.0436. The Morgan fingerprint density at radius 3 is 1.52 bits per heavy atom. The van der Waals surface area contributed by atoms with E-state index in [4.69, 9.17) is 9.47 Å². The summed E-state index contributed by atoms with van der Waals surface area (Å²) in [5.41, 5.74) is 0. The Kier molecular flexibility index (Phi) is 36.6. The molecule has 1 unspecified atom stereocenters. The van der Waals surface area contributed by atoms with Crippen LogP contribution in [0.2, 0.25) is 0 Å². The monoisotopic (exact) mass is 619 g/mol. The summed E-state index contributed by atoms with van der Waals surface area (Å²) in [7, 11) is 0. The first kappa shape index (κ1) is 42.6. The molecule has 0 amide bonds. The van der Waals surface area contributed by atoms with Crippen molar-refractivity contribution in [1.82, 2.24) is 0 Å². The molecule has 0 rings (SSSR count). The van der Waals surface area contributed by atoms with Crippen LogP contribution in [-0.4, -0.2) is 37.0 Å². The summed E-state index contributed by atoms with van der Waals surface area (Å²) in [5, 5.41) is 9.54. The molecule has 258 valence electrons. The Labute approximate surface area is 274 Å². The lowest BCUT2D eigenvalue weighted by molar-refractivity contribution is -0.154. The van der Waals surface area contributed by atoms with Gasteiger partial charge in [0.1, 0.15) is 6.10 Å². The third kappa shape index (κ3) is 35.1. The van der Waals surface area contributed by atoms with E-state index in [1.54, 1.807) is 0 Å². The van der Waals surface area contributed by atoms with Crippen molar-refractivity contribution in [3.8, 4) is 0 Å². The lowest BCUT2D eigenvalue weighted by Gasteiger charge is -2.15. The van der Waals surface area contributed by atoms with Gasteiger partial charge in [-0.2, -0.15) is 0 Å². The molecule has 0 spiro atoms. The number of allylic oxidation sites excluding steroid dienone is 6. The highest BCUT2D eigenvalue weighted by Crippen LogP contribution is 2.13. The number of rotatable bonds is 35. The van der Waals surface area contributed by atoms with Crippen LogP contribution in [0.3, 0.4) is 0 Å². The molecule has 4 heteroatoms. The van der Waals surface area contributed by atoms with Crippen LogP contribution in [0.5, 0.6) is 0 Å². The number of hydrogen-bond acceptors (Lipinski definition) is 4. The Morgan fingerprint density at radius 1 is 0.545 bits per heavy atom. The summed E-state index contributed by atoms with van der Waals surface area (Å²) in [4.78, 5) is 12.1. The Balaban J connectivity index is 3.44. The molecule has 0 aromatic carbocycles. The van der Waals surface area contributed by atoms with E-state index in [-0.39, 0.29) is 12.6 Å². The summed E-state index contributed by atoms with van der Waals surface area (Å²) in [5.74, 6) is -0.208. The normalized spacial score (nSPS) is 12.7. The minimum absolute atomic E-state index is 0.175. The average molecular weight is 619 g/mol. The van der Waals surface area contributed by atoms with Crippen molar-refractivity contribution in [3.63, 3.8) is 0 Å². The second-order valence-electron chi connectivity index (χ2n) is 12.6. The fraction of sp³-hybridized carbons (Fsp3) is 0.825. The van der Waals surface area contributed by atoms with Gasteiger partial charge in [0, 0.05) is 13.0 Å². The van der Waals surface area contributed by atoms with Gasteiger partial charge in [-0.3, -0.25) is 4.79 Å². The van der Waals surface area contributed by atoms with Gasteiger partial charge in [0.25, 0.3) is 0 Å². The smallest absolute Gasteiger partial charge is 0.306 e. The minimum atomic E-state index is -0.537. The summed E-state index contributed by atoms with van der Waals surface area (Å²) in [6, 6.07) is 0. The molecular formula is C40H74O4. The average Bonchev–Trinajstić information content (AvgIpc) is 3.03. The van der Waals surface area contributed by atoms with Crippen LogP contribution in [0.1, 0.15) is 187 Å². The molecule has 4 nitrogen and oxygen atoms in total. The fourth-order valence-electron chi connectivity index (χ4n) is 5.30. The molecule has 44 heavy (non-hydrogen) atoms. The highest BCUT2D eigenvalue weighted by molar-refractivity contribution is 5.69. The molecule has 0 fully saturated rings. The van der Waals surface area contributed by atoms with E-state index in [0.29, 0.717) is 19.6 Å². The zero-order chi connectivity index (χ0) is 32.0. The maximum Gasteiger partial charge on any atom is 0.306 e. The zero-order valence-electron chi connectivity index (χ0n) is 29.4. The maximum atomic E-state index is 12.1. The van der Waals surface area contributed by atoms with Crippen molar-refractivity contribution < 1.29 is 19.4 Å². The number of unbranched alkanes of at least 4 members (excludes halogenated alkanes) is 21. The van der Waals surface area contributed by atoms with Gasteiger partial charge in [-0.15, -0.1) is 0 Å². The molecule has 0 aliphatic carbocycles. The zero-order valence-corrected chi connectivity index (χ0v) is 29.4. The minimum Gasteiger partial charge on any atom is -0.457 e. The van der Waals surface area contributed by atoms with Crippen molar-refractivity contribution >= 4 is 5.97 Å². The molecule has 0 heterocycles. The van der Waals surface area contributed by atoms with E-state index in [2.05, 4.69) is 50.3 Å². The predicted molar refractivity (Wildman–Crippen MR) is 191 cm³/mol. The summed E-state index contributed by atoms with van der Waals surface area (Å²) < 4.78 is 11.1. The lowest BCUT2D eigenvalue weighted by atomic mass is 10.1. The van der Waals surface area contributed by atoms with Gasteiger partial charge in [-0.1, -0.05) is 153 Å². The first-order chi connectivity index (χ1) is 21.7. The van der Waals surface area contributed by atoms with Crippen molar-refractivity contribution in [1.29, 1.82) is 0 Å². The van der Waals surface area contributed by atoms with E-state index in [1.165, 1.54) is 141 Å². The van der Waals surface area contributed by atoms with Gasteiger partial charge in [0.2, 0.25) is 0 Å². The van der Waals surface area contributed by atoms with Crippen molar-refractivity contribution in [3.05, 3.63) is 36.5 Å². The summed E-state index contributed by atoms with van der Waals surface area (Å²) >= 11 is 0. The summed E-state index contributed by atoms with van der Waals surface area (Å²) in [6.07, 6.45) is 46.2. The molecule has 0 aliphatic heterocycles. The molecule has 0 saturated carbocycles. The molecule has 0 aromatic heterocycles. The van der Waals surface area contributed by atoms with Crippen LogP contribution in [0.15, 0.2) is 36.5 Å². The van der Waals surface area contributed by atoms with Crippen LogP contribution in [0.4, 0.5) is 0 Å². The van der Waals surface area contributed by atoms with Gasteiger partial charge in [-0.25, -0.2) is 0 Å². The number of hydrogen-bond donors (Lipinski definition) is 1. The van der Waals surface area contributed by atoms with Crippen LogP contribution < -0.4 is 0 Å². The topological polar surface area (TPSA) is 55.8 Å². The second kappa shape index (κ2) is 37.8. The number of carbonyl (C=O) groups excluding carboxylic acids is 1. The summed E-state index contributed by atoms with van der Waals surface area (Å²) in [6.45, 7) is 5.27. The molecule has 0 aromatic rings. The number of aliphatic hydroxyl groups excluding tert-OH is 1. The number of aliphatic hydroxyl groups is 1. The third-order valence-corrected chi connectivity index (χ3v) is 8.17. The molecule has 0 radical (unpaired) electrons. The Hall–Kier alpha value is -1.39. The number of esters is 1. The molecule has 1 atom stereocenters. The molecule has 1 N–H and O–H groups in total. The predicted octanol–water partition coefficient (Wildman–Crippen LogP) is 12.1. The van der Waals surface area contributed by atoms with Gasteiger partial charge in [-0.05, 0) is 64.2 Å². The van der Waals surface area contributed by atoms with Crippen LogP contribution >= 0.6 is 0 Å². The Bertz CT molecular complexity index is 654. The highest BCUT2D eigenvalue weighted by atomic mass is 16.6. The van der Waals surface area contributed by atoms with Crippen LogP contribution in [0.25, 0.3) is 0 Å². The molecular weight excluding hydrogens is 544 g/mol. The van der Waals surface area contributed by atoms with E-state index in [9.17, 15) is 9.90 Å². The fourth-order valence-corrected chi connectivity index (χ4v) is 5.30. The van der Waals surface area contributed by atoms with Gasteiger partial charge in [0.15, 0.2) is 0 Å². The van der Waals surface area contributed by atoms with Crippen molar-refractivity contribution in [2.45, 2.75) is 193 Å². The second-order valence-corrected chi connectivity index (χ2v) is 12.6. The van der Waals surface area contributed by atoms with Crippen LogP contribution in [-0.2, 0) is 14.3 Å². The van der Waals surface area contributed by atoms with Crippen molar-refractivity contribution in [2.75, 3.05) is 19.8 Å². The number of carbonyl (C=O) groups is 1. The largest absolute Gasteiger partial charge is 0.457 e. The van der Waals surface area contributed by atoms with E-state index in [0.717, 1.165) is 25.7 Å². The molecule has 0 aliphatic rings.